The number of benzene rings is 2. The molecule has 0 aliphatic rings. The van der Waals surface area contributed by atoms with Crippen LogP contribution in [0.1, 0.15) is 12.1 Å². The van der Waals surface area contributed by atoms with Crippen molar-refractivity contribution in [1.29, 1.82) is 0 Å². The van der Waals surface area contributed by atoms with Crippen LogP contribution in [0.15, 0.2) is 53.4 Å². The minimum absolute atomic E-state index is 0.0113. The van der Waals surface area contributed by atoms with Crippen LogP contribution in [0.25, 0.3) is 11.3 Å². The Hall–Kier alpha value is -3.31. The first-order valence-electron chi connectivity index (χ1n) is 9.31. The molecular formula is C20H21FN4O5S. The Morgan fingerprint density at radius 1 is 1.19 bits per heavy atom. The van der Waals surface area contributed by atoms with E-state index in [9.17, 15) is 22.9 Å². The highest BCUT2D eigenvalue weighted by Crippen LogP contribution is 2.30. The molecule has 0 fully saturated rings. The van der Waals surface area contributed by atoms with Crippen molar-refractivity contribution in [3.05, 3.63) is 70.2 Å². The average Bonchev–Trinajstić information content (AvgIpc) is 3.22. The highest BCUT2D eigenvalue weighted by molar-refractivity contribution is 7.89. The third-order valence-electron chi connectivity index (χ3n) is 4.75. The largest absolute Gasteiger partial charge is 0.490 e. The van der Waals surface area contributed by atoms with Crippen LogP contribution >= 0.6 is 0 Å². The van der Waals surface area contributed by atoms with Crippen molar-refractivity contribution in [3.8, 4) is 17.0 Å². The van der Waals surface area contributed by atoms with Crippen LogP contribution < -0.4 is 4.74 Å². The normalized spacial score (nSPS) is 11.6. The molecular weight excluding hydrogens is 427 g/mol. The van der Waals surface area contributed by atoms with Gasteiger partial charge < -0.3 is 4.74 Å². The molecule has 0 atom stereocenters. The number of nitro groups is 1. The van der Waals surface area contributed by atoms with Crippen molar-refractivity contribution < 1.29 is 22.5 Å². The van der Waals surface area contributed by atoms with Crippen LogP contribution in [0.4, 0.5) is 10.1 Å². The zero-order chi connectivity index (χ0) is 22.6. The molecule has 0 bridgehead atoms. The Balaban J connectivity index is 1.64. The molecule has 0 spiro atoms. The predicted molar refractivity (Wildman–Crippen MR) is 112 cm³/mol. The van der Waals surface area contributed by atoms with Crippen LogP contribution in [0.2, 0.25) is 0 Å². The summed E-state index contributed by atoms with van der Waals surface area (Å²) in [6, 6.07) is 11.3. The first-order chi connectivity index (χ1) is 14.7. The maximum absolute atomic E-state index is 13.0. The third-order valence-corrected chi connectivity index (χ3v) is 6.60. The lowest BCUT2D eigenvalue weighted by atomic mass is 10.1. The molecule has 0 saturated heterocycles. The molecule has 1 aromatic heterocycles. The standard InChI is InChI=1S/C20H21FN4O5S/c1-24(31(28,29)17-9-10-20(30-2)19(13-17)25(26)27)11-3-4-16-12-18(23-22-16)14-5-7-15(21)8-6-14/h5-10,12-13H,3-4,11H2,1-2H3,(H,22,23). The highest BCUT2D eigenvalue weighted by Gasteiger charge is 2.25. The predicted octanol–water partition coefficient (Wildman–Crippen LogP) is 3.39. The minimum Gasteiger partial charge on any atom is -0.490 e. The number of methoxy groups -OCH3 is 1. The van der Waals surface area contributed by atoms with E-state index in [1.54, 1.807) is 12.1 Å². The number of halogens is 1. The minimum atomic E-state index is -3.90. The molecule has 0 aliphatic carbocycles. The summed E-state index contributed by atoms with van der Waals surface area (Å²) in [7, 11) is -1.21. The molecule has 0 amide bonds. The number of aromatic amines is 1. The summed E-state index contributed by atoms with van der Waals surface area (Å²) in [6.07, 6.45) is 1.04. The lowest BCUT2D eigenvalue weighted by Gasteiger charge is -2.17. The van der Waals surface area contributed by atoms with E-state index in [1.165, 1.54) is 38.4 Å². The molecule has 3 aromatic rings. The van der Waals surface area contributed by atoms with E-state index in [0.717, 1.165) is 21.6 Å². The molecule has 1 N–H and O–H groups in total. The van der Waals surface area contributed by atoms with Gasteiger partial charge in [-0.3, -0.25) is 15.2 Å². The molecule has 9 nitrogen and oxygen atoms in total. The second-order valence-corrected chi connectivity index (χ2v) is 8.85. The van der Waals surface area contributed by atoms with Gasteiger partial charge in [-0.1, -0.05) is 0 Å². The van der Waals surface area contributed by atoms with Crippen LogP contribution in [-0.2, 0) is 16.4 Å². The molecule has 0 radical (unpaired) electrons. The Morgan fingerprint density at radius 3 is 2.55 bits per heavy atom. The number of aryl methyl sites for hydroxylation is 1. The van der Waals surface area contributed by atoms with E-state index < -0.39 is 20.6 Å². The Morgan fingerprint density at radius 2 is 1.90 bits per heavy atom. The number of aromatic nitrogens is 2. The van der Waals surface area contributed by atoms with E-state index in [1.807, 2.05) is 6.07 Å². The van der Waals surface area contributed by atoms with Crippen molar-refractivity contribution in [2.24, 2.45) is 0 Å². The van der Waals surface area contributed by atoms with Gasteiger partial charge in [0.15, 0.2) is 5.75 Å². The smallest absolute Gasteiger partial charge is 0.312 e. The monoisotopic (exact) mass is 448 g/mol. The zero-order valence-corrected chi connectivity index (χ0v) is 17.7. The Kier molecular flexibility index (Phi) is 6.66. The van der Waals surface area contributed by atoms with Crippen LogP contribution in [-0.4, -0.2) is 48.5 Å². The third kappa shape index (κ3) is 5.06. The van der Waals surface area contributed by atoms with Crippen molar-refractivity contribution in [2.45, 2.75) is 17.7 Å². The van der Waals surface area contributed by atoms with Gasteiger partial charge in [-0.05, 0) is 55.3 Å². The number of hydrogen-bond acceptors (Lipinski definition) is 6. The first kappa shape index (κ1) is 22.4. The van der Waals surface area contributed by atoms with E-state index in [4.69, 9.17) is 4.74 Å². The van der Waals surface area contributed by atoms with Crippen molar-refractivity contribution in [1.82, 2.24) is 14.5 Å². The van der Waals surface area contributed by atoms with Gasteiger partial charge in [0.05, 0.1) is 22.6 Å². The van der Waals surface area contributed by atoms with Crippen LogP contribution in [0, 0.1) is 15.9 Å². The van der Waals surface area contributed by atoms with Gasteiger partial charge in [0.1, 0.15) is 5.82 Å². The SMILES string of the molecule is COc1ccc(S(=O)(=O)N(C)CCCc2cc(-c3ccc(F)cc3)n[nH]2)cc1[N+](=O)[O-]. The van der Waals surface area contributed by atoms with Crippen molar-refractivity contribution in [3.63, 3.8) is 0 Å². The fourth-order valence-corrected chi connectivity index (χ4v) is 4.25. The molecule has 2 aromatic carbocycles. The zero-order valence-electron chi connectivity index (χ0n) is 16.9. The quantitative estimate of drug-likeness (QED) is 0.396. The number of hydrogen-bond donors (Lipinski definition) is 1. The van der Waals surface area contributed by atoms with Gasteiger partial charge in [-0.2, -0.15) is 5.10 Å². The van der Waals surface area contributed by atoms with Gasteiger partial charge in [0.25, 0.3) is 0 Å². The summed E-state index contributed by atoms with van der Waals surface area (Å²) in [4.78, 5) is 10.3. The van der Waals surface area contributed by atoms with Gasteiger partial charge in [-0.15, -0.1) is 0 Å². The highest BCUT2D eigenvalue weighted by atomic mass is 32.2. The molecule has 1 heterocycles. The Labute approximate surface area is 178 Å². The summed E-state index contributed by atoms with van der Waals surface area (Å²) >= 11 is 0. The van der Waals surface area contributed by atoms with Gasteiger partial charge in [0.2, 0.25) is 10.0 Å². The van der Waals surface area contributed by atoms with Crippen molar-refractivity contribution >= 4 is 15.7 Å². The van der Waals surface area contributed by atoms with Gasteiger partial charge in [-0.25, -0.2) is 17.1 Å². The van der Waals surface area contributed by atoms with E-state index >= 15 is 0 Å². The average molecular weight is 448 g/mol. The van der Waals surface area contributed by atoms with Gasteiger partial charge >= 0.3 is 5.69 Å². The molecule has 0 aliphatic heterocycles. The van der Waals surface area contributed by atoms with Gasteiger partial charge in [0, 0.05) is 30.9 Å². The van der Waals surface area contributed by atoms with Crippen LogP contribution in [0.3, 0.4) is 0 Å². The number of rotatable bonds is 9. The summed E-state index contributed by atoms with van der Waals surface area (Å²) < 4.78 is 44.7. The Bertz CT molecular complexity index is 1180. The topological polar surface area (TPSA) is 118 Å². The summed E-state index contributed by atoms with van der Waals surface area (Å²) in [6.45, 7) is 0.201. The molecule has 0 saturated carbocycles. The molecule has 164 valence electrons. The second kappa shape index (κ2) is 9.23. The lowest BCUT2D eigenvalue weighted by molar-refractivity contribution is -0.386. The number of H-pyrrole nitrogens is 1. The summed E-state index contributed by atoms with van der Waals surface area (Å²) in [5, 5.41) is 18.3. The number of nitro benzene ring substituents is 1. The second-order valence-electron chi connectivity index (χ2n) is 6.81. The first-order valence-corrected chi connectivity index (χ1v) is 10.8. The number of ether oxygens (including phenoxy) is 1. The van der Waals surface area contributed by atoms with E-state index in [0.29, 0.717) is 18.5 Å². The number of sulfonamides is 1. The molecule has 0 unspecified atom stereocenters. The molecule has 11 heteroatoms. The summed E-state index contributed by atoms with van der Waals surface area (Å²) in [5.74, 6) is -0.339. The maximum Gasteiger partial charge on any atom is 0.312 e. The number of nitrogens with one attached hydrogen (secondary N) is 1. The van der Waals surface area contributed by atoms with E-state index in [2.05, 4.69) is 10.2 Å². The molecule has 31 heavy (non-hydrogen) atoms. The van der Waals surface area contributed by atoms with Crippen molar-refractivity contribution in [2.75, 3.05) is 20.7 Å². The maximum atomic E-state index is 13.0. The van der Waals surface area contributed by atoms with Crippen LogP contribution in [0.5, 0.6) is 5.75 Å². The fourth-order valence-electron chi connectivity index (χ4n) is 3.02. The number of nitrogens with zero attached hydrogens (tertiary/aromatic N) is 3. The van der Waals surface area contributed by atoms with E-state index in [-0.39, 0.29) is 23.0 Å². The lowest BCUT2D eigenvalue weighted by Crippen LogP contribution is -2.28. The molecule has 3 rings (SSSR count). The summed E-state index contributed by atoms with van der Waals surface area (Å²) in [5.41, 5.74) is 1.83. The fraction of sp³-hybridized carbons (Fsp3) is 0.250.